The Balaban J connectivity index is 2.24. The molecule has 0 aromatic carbocycles. The molecular formula is C12H14F2O2. The summed E-state index contributed by atoms with van der Waals surface area (Å²) >= 11 is 0. The Morgan fingerprint density at radius 3 is 2.50 bits per heavy atom. The maximum atomic E-state index is 12.5. The van der Waals surface area contributed by atoms with Crippen molar-refractivity contribution in [2.45, 2.75) is 44.4 Å². The second kappa shape index (κ2) is 4.76. The van der Waals surface area contributed by atoms with Gasteiger partial charge in [-0.3, -0.25) is 4.79 Å². The molecular weight excluding hydrogens is 214 g/mol. The van der Waals surface area contributed by atoms with Gasteiger partial charge >= 0.3 is 0 Å². The van der Waals surface area contributed by atoms with Crippen LogP contribution in [0.15, 0.2) is 10.5 Å². The van der Waals surface area contributed by atoms with E-state index in [9.17, 15) is 13.6 Å². The topological polar surface area (TPSA) is 30.2 Å². The highest BCUT2D eigenvalue weighted by Gasteiger charge is 2.24. The molecule has 0 N–H and O–H groups in total. The lowest BCUT2D eigenvalue weighted by Gasteiger charge is -2.19. The Labute approximate surface area is 92.6 Å². The zero-order chi connectivity index (χ0) is 11.5. The number of furan rings is 1. The number of rotatable bonds is 3. The number of carbonyl (C=O) groups is 1. The standard InChI is InChI=1S/C12H14F2O2/c13-12(14)11-9(7-15)6-10(16-11)8-4-2-1-3-5-8/h6-8,12H,1-5H2. The second-order valence-electron chi connectivity index (χ2n) is 4.22. The average molecular weight is 228 g/mol. The van der Waals surface area contributed by atoms with E-state index in [1.54, 1.807) is 0 Å². The lowest BCUT2D eigenvalue weighted by molar-refractivity contribution is 0.106. The molecule has 2 rings (SSSR count). The summed E-state index contributed by atoms with van der Waals surface area (Å²) in [6.07, 6.45) is 3.06. The van der Waals surface area contributed by atoms with Crippen LogP contribution in [0.4, 0.5) is 8.78 Å². The lowest BCUT2D eigenvalue weighted by Crippen LogP contribution is -2.03. The second-order valence-corrected chi connectivity index (χ2v) is 4.22. The highest BCUT2D eigenvalue weighted by Crippen LogP contribution is 2.36. The number of aldehydes is 1. The molecule has 0 radical (unpaired) electrons. The fourth-order valence-electron chi connectivity index (χ4n) is 2.29. The number of hydrogen-bond acceptors (Lipinski definition) is 2. The van der Waals surface area contributed by atoms with Gasteiger partial charge in [-0.15, -0.1) is 0 Å². The van der Waals surface area contributed by atoms with Crippen LogP contribution >= 0.6 is 0 Å². The maximum Gasteiger partial charge on any atom is 0.296 e. The van der Waals surface area contributed by atoms with Crippen LogP contribution in [0.1, 0.15) is 66.3 Å². The third-order valence-electron chi connectivity index (χ3n) is 3.14. The van der Waals surface area contributed by atoms with Crippen LogP contribution in [0, 0.1) is 0 Å². The normalized spacial score (nSPS) is 17.9. The fraction of sp³-hybridized carbons (Fsp3) is 0.583. The van der Waals surface area contributed by atoms with Crippen LogP contribution < -0.4 is 0 Å². The van der Waals surface area contributed by atoms with E-state index in [0.29, 0.717) is 12.0 Å². The monoisotopic (exact) mass is 228 g/mol. The van der Waals surface area contributed by atoms with E-state index in [0.717, 1.165) is 25.7 Å². The SMILES string of the molecule is O=Cc1cc(C2CCCCC2)oc1C(F)F. The molecule has 4 heteroatoms. The molecule has 2 nitrogen and oxygen atoms in total. The molecule has 1 saturated carbocycles. The summed E-state index contributed by atoms with van der Waals surface area (Å²) in [5.74, 6) is 0.285. The predicted molar refractivity (Wildman–Crippen MR) is 54.9 cm³/mol. The molecule has 0 saturated heterocycles. The Hall–Kier alpha value is -1.19. The highest BCUT2D eigenvalue weighted by atomic mass is 19.3. The molecule has 1 heterocycles. The van der Waals surface area contributed by atoms with Gasteiger partial charge in [0.25, 0.3) is 6.43 Å². The van der Waals surface area contributed by atoms with Gasteiger partial charge < -0.3 is 4.42 Å². The minimum Gasteiger partial charge on any atom is -0.459 e. The first-order chi connectivity index (χ1) is 7.72. The van der Waals surface area contributed by atoms with Crippen LogP contribution in [-0.2, 0) is 0 Å². The maximum absolute atomic E-state index is 12.5. The summed E-state index contributed by atoms with van der Waals surface area (Å²) in [4.78, 5) is 10.6. The van der Waals surface area contributed by atoms with Crippen molar-refractivity contribution < 1.29 is 18.0 Å². The van der Waals surface area contributed by atoms with E-state index in [1.165, 1.54) is 12.5 Å². The average Bonchev–Trinajstić information content (AvgIpc) is 2.74. The minimum absolute atomic E-state index is 0.00410. The number of alkyl halides is 2. The van der Waals surface area contributed by atoms with Crippen LogP contribution in [0.5, 0.6) is 0 Å². The fourth-order valence-corrected chi connectivity index (χ4v) is 2.29. The van der Waals surface area contributed by atoms with Gasteiger partial charge in [0.2, 0.25) is 0 Å². The molecule has 1 aromatic heterocycles. The van der Waals surface area contributed by atoms with Gasteiger partial charge in [-0.2, -0.15) is 0 Å². The first kappa shape index (κ1) is 11.3. The van der Waals surface area contributed by atoms with Crippen LogP contribution in [0.25, 0.3) is 0 Å². The van der Waals surface area contributed by atoms with Crippen molar-refractivity contribution in [1.29, 1.82) is 0 Å². The summed E-state index contributed by atoms with van der Waals surface area (Å²) in [6.45, 7) is 0. The van der Waals surface area contributed by atoms with Crippen molar-refractivity contribution in [3.8, 4) is 0 Å². The van der Waals surface area contributed by atoms with Crippen molar-refractivity contribution in [3.05, 3.63) is 23.2 Å². The summed E-state index contributed by atoms with van der Waals surface area (Å²) in [5.41, 5.74) is -0.00410. The molecule has 0 atom stereocenters. The minimum atomic E-state index is -2.71. The third-order valence-corrected chi connectivity index (χ3v) is 3.14. The molecule has 0 bridgehead atoms. The van der Waals surface area contributed by atoms with Crippen LogP contribution in [0.3, 0.4) is 0 Å². The van der Waals surface area contributed by atoms with Crippen molar-refractivity contribution in [2.24, 2.45) is 0 Å². The quantitative estimate of drug-likeness (QED) is 0.730. The first-order valence-corrected chi connectivity index (χ1v) is 5.59. The summed E-state index contributed by atoms with van der Waals surface area (Å²) in [7, 11) is 0. The van der Waals surface area contributed by atoms with Gasteiger partial charge in [0.15, 0.2) is 12.0 Å². The van der Waals surface area contributed by atoms with Crippen LogP contribution in [0.2, 0.25) is 0 Å². The molecule has 0 amide bonds. The smallest absolute Gasteiger partial charge is 0.296 e. The molecule has 0 spiro atoms. The van der Waals surface area contributed by atoms with Gasteiger partial charge in [-0.25, -0.2) is 8.78 Å². The van der Waals surface area contributed by atoms with Crippen molar-refractivity contribution in [2.75, 3.05) is 0 Å². The number of hydrogen-bond donors (Lipinski definition) is 0. The summed E-state index contributed by atoms with van der Waals surface area (Å²) < 4.78 is 30.2. The van der Waals surface area contributed by atoms with Gasteiger partial charge in [0.05, 0.1) is 5.56 Å². The molecule has 1 aliphatic carbocycles. The van der Waals surface area contributed by atoms with Crippen molar-refractivity contribution >= 4 is 6.29 Å². The van der Waals surface area contributed by atoms with Crippen molar-refractivity contribution in [1.82, 2.24) is 0 Å². The van der Waals surface area contributed by atoms with E-state index in [1.807, 2.05) is 0 Å². The Kier molecular flexibility index (Phi) is 3.36. The number of halogens is 2. The molecule has 1 aromatic rings. The molecule has 0 unspecified atom stereocenters. The molecule has 1 fully saturated rings. The summed E-state index contributed by atoms with van der Waals surface area (Å²) in [5, 5.41) is 0. The first-order valence-electron chi connectivity index (χ1n) is 5.59. The predicted octanol–water partition coefficient (Wildman–Crippen LogP) is 4.08. The van der Waals surface area contributed by atoms with E-state index >= 15 is 0 Å². The van der Waals surface area contributed by atoms with Crippen LogP contribution in [-0.4, -0.2) is 6.29 Å². The molecule has 88 valence electrons. The summed E-state index contributed by atoms with van der Waals surface area (Å²) in [6, 6.07) is 1.48. The van der Waals surface area contributed by atoms with E-state index < -0.39 is 12.2 Å². The van der Waals surface area contributed by atoms with Gasteiger partial charge in [0.1, 0.15) is 5.76 Å². The molecule has 1 aliphatic rings. The van der Waals surface area contributed by atoms with E-state index in [4.69, 9.17) is 4.42 Å². The lowest BCUT2D eigenvalue weighted by atomic mass is 9.87. The van der Waals surface area contributed by atoms with Gasteiger partial charge in [-0.1, -0.05) is 19.3 Å². The van der Waals surface area contributed by atoms with Crippen molar-refractivity contribution in [3.63, 3.8) is 0 Å². The largest absolute Gasteiger partial charge is 0.459 e. The Morgan fingerprint density at radius 1 is 1.31 bits per heavy atom. The van der Waals surface area contributed by atoms with E-state index in [-0.39, 0.29) is 11.5 Å². The Bertz CT molecular complexity index is 365. The molecule has 0 aliphatic heterocycles. The van der Waals surface area contributed by atoms with Gasteiger partial charge in [-0.05, 0) is 18.9 Å². The Morgan fingerprint density at radius 2 is 2.00 bits per heavy atom. The van der Waals surface area contributed by atoms with Gasteiger partial charge in [0, 0.05) is 5.92 Å². The third kappa shape index (κ3) is 2.15. The highest BCUT2D eigenvalue weighted by molar-refractivity contribution is 5.76. The van der Waals surface area contributed by atoms with E-state index in [2.05, 4.69) is 0 Å². The number of carbonyl (C=O) groups excluding carboxylic acids is 1. The zero-order valence-corrected chi connectivity index (χ0v) is 8.92. The molecule has 16 heavy (non-hydrogen) atoms. The zero-order valence-electron chi connectivity index (χ0n) is 8.92.